The maximum Gasteiger partial charge on any atom is 0.246 e. The van der Waals surface area contributed by atoms with Crippen molar-refractivity contribution in [2.24, 2.45) is 7.05 Å². The van der Waals surface area contributed by atoms with Crippen molar-refractivity contribution in [3.8, 4) is 0 Å². The van der Waals surface area contributed by atoms with E-state index >= 15 is 0 Å². The Hall–Kier alpha value is -3.15. The Morgan fingerprint density at radius 1 is 1.36 bits per heavy atom. The van der Waals surface area contributed by atoms with E-state index in [4.69, 9.17) is 5.73 Å². The van der Waals surface area contributed by atoms with Crippen LogP contribution in [-0.2, 0) is 18.4 Å². The van der Waals surface area contributed by atoms with E-state index in [9.17, 15) is 9.18 Å². The van der Waals surface area contributed by atoms with Gasteiger partial charge < -0.3 is 15.2 Å². The zero-order chi connectivity index (χ0) is 18.0. The van der Waals surface area contributed by atoms with Crippen molar-refractivity contribution < 1.29 is 9.18 Å². The number of rotatable bonds is 4. The van der Waals surface area contributed by atoms with Gasteiger partial charge in [0, 0.05) is 50.0 Å². The van der Waals surface area contributed by atoms with Gasteiger partial charge in [0.25, 0.3) is 0 Å². The van der Waals surface area contributed by atoms with E-state index in [-0.39, 0.29) is 11.7 Å². The number of hydrogen-bond acceptors (Lipinski definition) is 3. The van der Waals surface area contributed by atoms with E-state index in [0.29, 0.717) is 12.4 Å². The van der Waals surface area contributed by atoms with E-state index in [0.717, 1.165) is 22.0 Å². The number of pyridine rings is 1. The average Bonchev–Trinajstić information content (AvgIpc) is 2.89. The quantitative estimate of drug-likeness (QED) is 0.744. The van der Waals surface area contributed by atoms with Crippen molar-refractivity contribution in [3.05, 3.63) is 65.7 Å². The third kappa shape index (κ3) is 3.68. The average molecular weight is 338 g/mol. The number of fused-ring (bicyclic) bond motifs is 1. The number of amides is 1. The van der Waals surface area contributed by atoms with Gasteiger partial charge in [-0.05, 0) is 47.5 Å². The number of carbonyl (C=O) groups is 1. The molecule has 3 aromatic rings. The highest BCUT2D eigenvalue weighted by Crippen LogP contribution is 2.23. The van der Waals surface area contributed by atoms with E-state index in [1.807, 2.05) is 17.8 Å². The first-order valence-corrected chi connectivity index (χ1v) is 7.82. The van der Waals surface area contributed by atoms with Gasteiger partial charge in [0.2, 0.25) is 5.91 Å². The molecule has 0 atom stereocenters. The first kappa shape index (κ1) is 16.7. The predicted molar refractivity (Wildman–Crippen MR) is 97.0 cm³/mol. The molecule has 25 heavy (non-hydrogen) atoms. The Bertz CT molecular complexity index is 944. The summed E-state index contributed by atoms with van der Waals surface area (Å²) in [5, 5.41) is 0.814. The summed E-state index contributed by atoms with van der Waals surface area (Å²) in [7, 11) is 3.62. The molecule has 2 aromatic heterocycles. The lowest BCUT2D eigenvalue weighted by molar-refractivity contribution is -0.125. The van der Waals surface area contributed by atoms with Gasteiger partial charge in [0.05, 0.1) is 0 Å². The molecule has 5 nitrogen and oxygen atoms in total. The summed E-state index contributed by atoms with van der Waals surface area (Å²) in [4.78, 5) is 17.9. The number of nitrogens with two attached hydrogens (primary N) is 1. The van der Waals surface area contributed by atoms with E-state index < -0.39 is 0 Å². The number of benzene rings is 1. The Labute approximate surface area is 145 Å². The molecular weight excluding hydrogens is 319 g/mol. The fourth-order valence-electron chi connectivity index (χ4n) is 2.72. The molecule has 0 fully saturated rings. The van der Waals surface area contributed by atoms with E-state index in [1.165, 1.54) is 18.2 Å². The minimum atomic E-state index is -0.287. The molecule has 6 heteroatoms. The molecule has 1 aromatic carbocycles. The second-order valence-electron chi connectivity index (χ2n) is 5.97. The molecule has 2 heterocycles. The minimum Gasteiger partial charge on any atom is -0.384 e. The maximum absolute atomic E-state index is 13.5. The van der Waals surface area contributed by atoms with Crippen LogP contribution in [0.5, 0.6) is 0 Å². The lowest BCUT2D eigenvalue weighted by Gasteiger charge is -2.14. The number of carbonyl (C=O) groups excluding carboxylic acids is 1. The first-order valence-electron chi connectivity index (χ1n) is 7.82. The highest BCUT2D eigenvalue weighted by atomic mass is 19.1. The number of likely N-dealkylation sites (N-methyl/N-ethyl adjacent to an activating group) is 1. The Morgan fingerprint density at radius 3 is 2.88 bits per heavy atom. The predicted octanol–water partition coefficient (Wildman–Crippen LogP) is 2.97. The van der Waals surface area contributed by atoms with Crippen LogP contribution < -0.4 is 5.73 Å². The van der Waals surface area contributed by atoms with Crippen LogP contribution in [0.15, 0.2) is 48.8 Å². The third-order valence-electron chi connectivity index (χ3n) is 4.05. The van der Waals surface area contributed by atoms with Gasteiger partial charge in [0.1, 0.15) is 11.6 Å². The zero-order valence-corrected chi connectivity index (χ0v) is 14.1. The van der Waals surface area contributed by atoms with Crippen LogP contribution in [0.4, 0.5) is 10.2 Å². The van der Waals surface area contributed by atoms with Crippen LogP contribution in [0.25, 0.3) is 17.0 Å². The van der Waals surface area contributed by atoms with Crippen LogP contribution >= 0.6 is 0 Å². The molecular formula is C19H19FN4O. The number of aryl methyl sites for hydroxylation is 1. The molecule has 0 saturated carbocycles. The standard InChI is InChI=1S/C19H19FN4O/c1-23-11-14(16-9-15(20)5-6-17(16)23)12-24(2)19(25)8-4-13-3-7-18(21)22-10-13/h3-11H,12H2,1-2H3,(H2,21,22). The van der Waals surface area contributed by atoms with Gasteiger partial charge in [-0.25, -0.2) is 9.37 Å². The molecule has 1 amide bonds. The number of anilines is 1. The molecule has 0 bridgehead atoms. The summed E-state index contributed by atoms with van der Waals surface area (Å²) < 4.78 is 15.5. The Morgan fingerprint density at radius 2 is 2.16 bits per heavy atom. The molecule has 0 aliphatic carbocycles. The summed E-state index contributed by atoms with van der Waals surface area (Å²) in [6, 6.07) is 8.14. The maximum atomic E-state index is 13.5. The molecule has 0 radical (unpaired) electrons. The van der Waals surface area contributed by atoms with Crippen LogP contribution in [0.2, 0.25) is 0 Å². The SMILES string of the molecule is CN(Cc1cn(C)c2ccc(F)cc12)C(=O)C=Cc1ccc(N)nc1. The van der Waals surface area contributed by atoms with Crippen molar-refractivity contribution in [2.75, 3.05) is 12.8 Å². The topological polar surface area (TPSA) is 64.2 Å². The highest BCUT2D eigenvalue weighted by Gasteiger charge is 2.12. The van der Waals surface area contributed by atoms with E-state index in [1.54, 1.807) is 42.4 Å². The van der Waals surface area contributed by atoms with Crippen molar-refractivity contribution >= 4 is 28.7 Å². The summed E-state index contributed by atoms with van der Waals surface area (Å²) in [5.74, 6) is -0.00121. The summed E-state index contributed by atoms with van der Waals surface area (Å²) in [6.07, 6.45) is 6.70. The Kier molecular flexibility index (Phi) is 4.52. The third-order valence-corrected chi connectivity index (χ3v) is 4.05. The molecule has 0 saturated heterocycles. The molecule has 0 unspecified atom stereocenters. The van der Waals surface area contributed by atoms with Gasteiger partial charge in [-0.2, -0.15) is 0 Å². The van der Waals surface area contributed by atoms with Gasteiger partial charge in [-0.1, -0.05) is 0 Å². The molecule has 3 rings (SSSR count). The lowest BCUT2D eigenvalue weighted by Crippen LogP contribution is -2.24. The van der Waals surface area contributed by atoms with Gasteiger partial charge in [0.15, 0.2) is 0 Å². The van der Waals surface area contributed by atoms with Gasteiger partial charge in [-0.15, -0.1) is 0 Å². The molecule has 0 aliphatic rings. The van der Waals surface area contributed by atoms with Crippen LogP contribution in [0, 0.1) is 5.82 Å². The summed E-state index contributed by atoms with van der Waals surface area (Å²) >= 11 is 0. The fraction of sp³-hybridized carbons (Fsp3) is 0.158. The number of nitrogens with zero attached hydrogens (tertiary/aromatic N) is 3. The summed E-state index contributed by atoms with van der Waals surface area (Å²) in [5.41, 5.74) is 8.16. The normalized spacial score (nSPS) is 11.3. The number of nitrogen functional groups attached to an aromatic ring is 1. The minimum absolute atomic E-state index is 0.148. The molecule has 128 valence electrons. The van der Waals surface area contributed by atoms with Crippen LogP contribution in [0.1, 0.15) is 11.1 Å². The number of hydrogen-bond donors (Lipinski definition) is 1. The second-order valence-corrected chi connectivity index (χ2v) is 5.97. The molecule has 0 spiro atoms. The van der Waals surface area contributed by atoms with Crippen LogP contribution in [-0.4, -0.2) is 27.4 Å². The molecule has 0 aliphatic heterocycles. The van der Waals surface area contributed by atoms with Crippen molar-refractivity contribution in [3.63, 3.8) is 0 Å². The van der Waals surface area contributed by atoms with Crippen LogP contribution in [0.3, 0.4) is 0 Å². The highest BCUT2D eigenvalue weighted by molar-refractivity contribution is 5.92. The van der Waals surface area contributed by atoms with Crippen molar-refractivity contribution in [2.45, 2.75) is 6.54 Å². The number of aromatic nitrogens is 2. The largest absolute Gasteiger partial charge is 0.384 e. The monoisotopic (exact) mass is 338 g/mol. The van der Waals surface area contributed by atoms with Crippen molar-refractivity contribution in [1.82, 2.24) is 14.5 Å². The zero-order valence-electron chi connectivity index (χ0n) is 14.1. The summed E-state index contributed by atoms with van der Waals surface area (Å²) in [6.45, 7) is 0.393. The Balaban J connectivity index is 1.75. The van der Waals surface area contributed by atoms with Crippen molar-refractivity contribution in [1.29, 1.82) is 0 Å². The smallest absolute Gasteiger partial charge is 0.246 e. The fourth-order valence-corrected chi connectivity index (χ4v) is 2.72. The molecule has 2 N–H and O–H groups in total. The second kappa shape index (κ2) is 6.76. The number of halogens is 1. The van der Waals surface area contributed by atoms with Gasteiger partial charge >= 0.3 is 0 Å². The van der Waals surface area contributed by atoms with E-state index in [2.05, 4.69) is 4.98 Å². The first-order chi connectivity index (χ1) is 11.9. The lowest BCUT2D eigenvalue weighted by atomic mass is 10.1. The van der Waals surface area contributed by atoms with Gasteiger partial charge in [-0.3, -0.25) is 4.79 Å².